The molecule has 0 saturated carbocycles. The van der Waals surface area contributed by atoms with Gasteiger partial charge in [-0.3, -0.25) is 0 Å². The van der Waals surface area contributed by atoms with Crippen molar-refractivity contribution in [2.45, 2.75) is 63.2 Å². The van der Waals surface area contributed by atoms with Crippen LogP contribution in [0.5, 0.6) is 5.75 Å². The van der Waals surface area contributed by atoms with Crippen LogP contribution in [0.15, 0.2) is 146 Å². The van der Waals surface area contributed by atoms with Crippen LogP contribution >= 0.6 is 0 Å². The van der Waals surface area contributed by atoms with Crippen LogP contribution in [-0.2, 0) is 17.3 Å². The molecule has 6 aromatic rings. The number of hydrogen-bond donors (Lipinski definition) is 0. The number of unbranched alkanes of at least 4 members (excludes halogenated alkanes) is 1. The zero-order valence-corrected chi connectivity index (χ0v) is 28.2. The number of rotatable bonds is 11. The molecule has 1 nitrogen and oxygen atoms in total. The van der Waals surface area contributed by atoms with Crippen molar-refractivity contribution >= 4 is 0 Å². The van der Waals surface area contributed by atoms with E-state index in [1.54, 1.807) is 0 Å². The minimum absolute atomic E-state index is 0.278. The van der Waals surface area contributed by atoms with E-state index in [0.29, 0.717) is 0 Å². The molecule has 2 aliphatic rings. The summed E-state index contributed by atoms with van der Waals surface area (Å²) in [4.78, 5) is 0. The van der Waals surface area contributed by atoms with E-state index in [1.807, 2.05) is 0 Å². The summed E-state index contributed by atoms with van der Waals surface area (Å²) in [5.41, 5.74) is 14.6. The first kappa shape index (κ1) is 30.5. The van der Waals surface area contributed by atoms with Crippen LogP contribution in [-0.4, -0.2) is 6.61 Å². The quantitative estimate of drug-likeness (QED) is 0.139. The summed E-state index contributed by atoms with van der Waals surface area (Å²) in [5.74, 6) is 0.939. The zero-order valence-electron chi connectivity index (χ0n) is 28.2. The molecule has 1 heteroatoms. The SMILES string of the molecule is CCCCc1ccc(C2(CCC3(c4ccc(OCCC)cc4)c4ccccc4-c4ccccc43)c3ccccc3-c3ccccc32)cc1. The first-order valence-electron chi connectivity index (χ1n) is 17.9. The van der Waals surface area contributed by atoms with Crippen LogP contribution in [0.25, 0.3) is 22.3 Å². The third-order valence-electron chi connectivity index (χ3n) is 11.1. The fourth-order valence-electron chi connectivity index (χ4n) is 8.87. The summed E-state index contributed by atoms with van der Waals surface area (Å²) >= 11 is 0. The second kappa shape index (κ2) is 12.6. The first-order chi connectivity index (χ1) is 23.7. The maximum absolute atomic E-state index is 6.07. The van der Waals surface area contributed by atoms with Crippen LogP contribution in [0.3, 0.4) is 0 Å². The molecule has 0 aliphatic heterocycles. The molecule has 8 rings (SSSR count). The third-order valence-corrected chi connectivity index (χ3v) is 11.1. The van der Waals surface area contributed by atoms with E-state index in [1.165, 1.54) is 74.0 Å². The zero-order chi connectivity index (χ0) is 32.6. The molecule has 0 radical (unpaired) electrons. The van der Waals surface area contributed by atoms with Crippen molar-refractivity contribution in [3.8, 4) is 28.0 Å². The van der Waals surface area contributed by atoms with E-state index < -0.39 is 0 Å². The largest absolute Gasteiger partial charge is 0.494 e. The lowest BCUT2D eigenvalue weighted by Gasteiger charge is -2.39. The third kappa shape index (κ3) is 4.74. The van der Waals surface area contributed by atoms with Gasteiger partial charge in [-0.1, -0.05) is 154 Å². The molecule has 0 atom stereocenters. The number of hydrogen-bond acceptors (Lipinski definition) is 1. The maximum Gasteiger partial charge on any atom is 0.119 e. The van der Waals surface area contributed by atoms with Crippen molar-refractivity contribution in [3.05, 3.63) is 185 Å². The van der Waals surface area contributed by atoms with E-state index in [-0.39, 0.29) is 10.8 Å². The predicted molar refractivity (Wildman–Crippen MR) is 200 cm³/mol. The molecule has 0 saturated heterocycles. The average molecular weight is 625 g/mol. The lowest BCUT2D eigenvalue weighted by Crippen LogP contribution is -2.33. The van der Waals surface area contributed by atoms with Crippen LogP contribution in [0.2, 0.25) is 0 Å². The molecule has 0 unspecified atom stereocenters. The van der Waals surface area contributed by atoms with E-state index in [0.717, 1.165) is 38.0 Å². The molecule has 0 heterocycles. The first-order valence-corrected chi connectivity index (χ1v) is 17.9. The average Bonchev–Trinajstić information content (AvgIpc) is 3.61. The summed E-state index contributed by atoms with van der Waals surface area (Å²) < 4.78 is 6.07. The highest BCUT2D eigenvalue weighted by Crippen LogP contribution is 2.60. The summed E-state index contributed by atoms with van der Waals surface area (Å²) in [7, 11) is 0. The van der Waals surface area contributed by atoms with Gasteiger partial charge in [0.1, 0.15) is 5.75 Å². The molecule has 48 heavy (non-hydrogen) atoms. The molecule has 238 valence electrons. The minimum Gasteiger partial charge on any atom is -0.494 e. The molecule has 2 aliphatic carbocycles. The normalized spacial score (nSPS) is 14.5. The molecule has 0 spiro atoms. The Bertz CT molecular complexity index is 1810. The standard InChI is InChI=1S/C47H44O/c1-3-5-14-34-23-25-35(26-24-34)46(42-19-10-6-15-38(42)39-16-7-11-20-43(39)46)31-32-47(36-27-29-37(30-28-36)48-33-4-2)44-21-12-8-17-40(44)41-18-9-13-22-45(41)47/h6-13,15-30H,3-5,14,31-33H2,1-2H3. The van der Waals surface area contributed by atoms with Gasteiger partial charge in [0.15, 0.2) is 0 Å². The van der Waals surface area contributed by atoms with E-state index in [9.17, 15) is 0 Å². The van der Waals surface area contributed by atoms with Crippen molar-refractivity contribution in [2.24, 2.45) is 0 Å². The molecular weight excluding hydrogens is 581 g/mol. The van der Waals surface area contributed by atoms with Gasteiger partial charge in [0, 0.05) is 10.8 Å². The maximum atomic E-state index is 6.07. The predicted octanol–water partition coefficient (Wildman–Crippen LogP) is 11.9. The van der Waals surface area contributed by atoms with E-state index in [2.05, 4.69) is 159 Å². The van der Waals surface area contributed by atoms with Crippen molar-refractivity contribution in [1.82, 2.24) is 0 Å². The monoisotopic (exact) mass is 624 g/mol. The second-order valence-electron chi connectivity index (χ2n) is 13.7. The Morgan fingerprint density at radius 2 is 0.833 bits per heavy atom. The summed E-state index contributed by atoms with van der Waals surface area (Å²) in [6.07, 6.45) is 6.48. The van der Waals surface area contributed by atoms with Gasteiger partial charge in [-0.05, 0) is 105 Å². The van der Waals surface area contributed by atoms with Gasteiger partial charge in [-0.25, -0.2) is 0 Å². The van der Waals surface area contributed by atoms with Crippen molar-refractivity contribution in [3.63, 3.8) is 0 Å². The fourth-order valence-corrected chi connectivity index (χ4v) is 8.87. The molecular formula is C47H44O. The highest BCUT2D eigenvalue weighted by molar-refractivity contribution is 5.85. The van der Waals surface area contributed by atoms with Gasteiger partial charge in [0.25, 0.3) is 0 Å². The Hall–Kier alpha value is -4.88. The summed E-state index contributed by atoms with van der Waals surface area (Å²) in [5, 5.41) is 0. The Kier molecular flexibility index (Phi) is 8.01. The van der Waals surface area contributed by atoms with Gasteiger partial charge in [0.05, 0.1) is 6.61 Å². The highest BCUT2D eigenvalue weighted by Gasteiger charge is 2.49. The van der Waals surface area contributed by atoms with E-state index >= 15 is 0 Å². The smallest absolute Gasteiger partial charge is 0.119 e. The molecule has 0 N–H and O–H groups in total. The van der Waals surface area contributed by atoms with Gasteiger partial charge in [0.2, 0.25) is 0 Å². The van der Waals surface area contributed by atoms with Gasteiger partial charge >= 0.3 is 0 Å². The van der Waals surface area contributed by atoms with Crippen molar-refractivity contribution in [2.75, 3.05) is 6.61 Å². The molecule has 0 aromatic heterocycles. The van der Waals surface area contributed by atoms with Crippen molar-refractivity contribution < 1.29 is 4.74 Å². The Balaban J connectivity index is 1.33. The molecule has 0 fully saturated rings. The fraction of sp³-hybridized carbons (Fsp3) is 0.234. The Morgan fingerprint density at radius 1 is 0.438 bits per heavy atom. The second-order valence-corrected chi connectivity index (χ2v) is 13.7. The number of benzene rings is 6. The number of fused-ring (bicyclic) bond motifs is 6. The Labute approximate surface area is 286 Å². The van der Waals surface area contributed by atoms with Gasteiger partial charge < -0.3 is 4.74 Å². The van der Waals surface area contributed by atoms with Crippen LogP contribution < -0.4 is 4.74 Å². The van der Waals surface area contributed by atoms with E-state index in [4.69, 9.17) is 4.74 Å². The van der Waals surface area contributed by atoms with Gasteiger partial charge in [-0.2, -0.15) is 0 Å². The van der Waals surface area contributed by atoms with Crippen LogP contribution in [0.1, 0.15) is 84.9 Å². The van der Waals surface area contributed by atoms with Crippen LogP contribution in [0, 0.1) is 0 Å². The lowest BCUT2D eigenvalue weighted by atomic mass is 9.62. The molecule has 6 aromatic carbocycles. The van der Waals surface area contributed by atoms with Crippen LogP contribution in [0.4, 0.5) is 0 Å². The Morgan fingerprint density at radius 3 is 1.23 bits per heavy atom. The van der Waals surface area contributed by atoms with Crippen molar-refractivity contribution in [1.29, 1.82) is 0 Å². The number of aryl methyl sites for hydroxylation is 1. The summed E-state index contributed by atoms with van der Waals surface area (Å²) in [6, 6.07) is 55.2. The lowest BCUT2D eigenvalue weighted by molar-refractivity contribution is 0.317. The van der Waals surface area contributed by atoms with Gasteiger partial charge in [-0.15, -0.1) is 0 Å². The summed E-state index contributed by atoms with van der Waals surface area (Å²) in [6.45, 7) is 5.16. The minimum atomic E-state index is -0.309. The highest BCUT2D eigenvalue weighted by atomic mass is 16.5. The number of ether oxygens (including phenoxy) is 1. The molecule has 0 bridgehead atoms. The molecule has 0 amide bonds. The topological polar surface area (TPSA) is 9.23 Å².